The Hall–Kier alpha value is -1.91. The number of hydrogen-bond donors (Lipinski definition) is 0. The minimum Gasteiger partial charge on any atom is -0.294 e. The van der Waals surface area contributed by atoms with Crippen molar-refractivity contribution < 1.29 is 4.92 Å². The molecule has 3 rings (SSSR count). The Morgan fingerprint density at radius 2 is 2.05 bits per heavy atom. The Kier molecular flexibility index (Phi) is 4.14. The summed E-state index contributed by atoms with van der Waals surface area (Å²) < 4.78 is 0. The maximum atomic E-state index is 10.8. The minimum absolute atomic E-state index is 0.0355. The molecule has 0 aliphatic carbocycles. The molecule has 2 aromatic carbocycles. The lowest BCUT2D eigenvalue weighted by Gasteiger charge is -2.29. The van der Waals surface area contributed by atoms with E-state index in [9.17, 15) is 10.1 Å². The Bertz CT molecular complexity index is 731. The fraction of sp³-hybridized carbons (Fsp3) is 0.294. The molecule has 0 unspecified atom stereocenters. The molecule has 22 heavy (non-hydrogen) atoms. The van der Waals surface area contributed by atoms with Crippen LogP contribution in [0.3, 0.4) is 0 Å². The first kappa shape index (κ1) is 15.0. The second-order valence-corrected chi connectivity index (χ2v) is 6.17. The van der Waals surface area contributed by atoms with Crippen molar-refractivity contribution in [2.45, 2.75) is 26.4 Å². The van der Waals surface area contributed by atoms with Gasteiger partial charge in [-0.2, -0.15) is 0 Å². The van der Waals surface area contributed by atoms with Crippen molar-refractivity contribution in [1.29, 1.82) is 0 Å². The van der Waals surface area contributed by atoms with Crippen molar-refractivity contribution in [3.8, 4) is 0 Å². The third-order valence-electron chi connectivity index (χ3n) is 4.09. The predicted molar refractivity (Wildman–Crippen MR) is 87.1 cm³/mol. The third kappa shape index (κ3) is 3.13. The zero-order chi connectivity index (χ0) is 15.7. The Balaban J connectivity index is 1.76. The van der Waals surface area contributed by atoms with Crippen molar-refractivity contribution in [2.24, 2.45) is 0 Å². The van der Waals surface area contributed by atoms with Gasteiger partial charge in [-0.1, -0.05) is 35.4 Å². The fourth-order valence-corrected chi connectivity index (χ4v) is 3.13. The van der Waals surface area contributed by atoms with Crippen LogP contribution in [0.15, 0.2) is 36.4 Å². The molecule has 1 heterocycles. The lowest BCUT2D eigenvalue weighted by atomic mass is 9.97. The molecule has 0 fully saturated rings. The van der Waals surface area contributed by atoms with E-state index in [2.05, 4.69) is 30.0 Å². The highest BCUT2D eigenvalue weighted by Gasteiger charge is 2.18. The number of nitro benzene ring substituents is 1. The van der Waals surface area contributed by atoms with Gasteiger partial charge < -0.3 is 0 Å². The van der Waals surface area contributed by atoms with Crippen LogP contribution in [-0.4, -0.2) is 16.4 Å². The zero-order valence-electron chi connectivity index (χ0n) is 12.4. The van der Waals surface area contributed by atoms with Crippen molar-refractivity contribution in [1.82, 2.24) is 4.90 Å². The molecular formula is C17H17ClN2O2. The van der Waals surface area contributed by atoms with Gasteiger partial charge in [-0.15, -0.1) is 0 Å². The topological polar surface area (TPSA) is 46.4 Å². The standard InChI is InChI=1S/C17H17ClN2O2/c1-12-2-3-13-6-7-19(11-15(13)8-12)10-14-4-5-16(20(21)22)9-17(14)18/h2-5,8-9H,6-7,10-11H2,1H3. The first-order valence-electron chi connectivity index (χ1n) is 7.26. The first-order valence-corrected chi connectivity index (χ1v) is 7.64. The molecule has 0 spiro atoms. The van der Waals surface area contributed by atoms with Crippen molar-refractivity contribution in [3.05, 3.63) is 73.8 Å². The number of nitro groups is 1. The Labute approximate surface area is 134 Å². The second kappa shape index (κ2) is 6.07. The summed E-state index contributed by atoms with van der Waals surface area (Å²) in [5.41, 5.74) is 5.02. The van der Waals surface area contributed by atoms with Crippen LogP contribution in [-0.2, 0) is 19.5 Å². The van der Waals surface area contributed by atoms with Gasteiger partial charge in [0.2, 0.25) is 0 Å². The number of halogens is 1. The summed E-state index contributed by atoms with van der Waals surface area (Å²) in [6, 6.07) is 11.3. The van der Waals surface area contributed by atoms with Gasteiger partial charge in [0, 0.05) is 31.8 Å². The molecule has 0 bridgehead atoms. The van der Waals surface area contributed by atoms with E-state index in [0.717, 1.165) is 25.1 Å². The summed E-state index contributed by atoms with van der Waals surface area (Å²) in [4.78, 5) is 12.7. The minimum atomic E-state index is -0.421. The van der Waals surface area contributed by atoms with Gasteiger partial charge in [0.15, 0.2) is 0 Å². The highest BCUT2D eigenvalue weighted by molar-refractivity contribution is 6.31. The van der Waals surface area contributed by atoms with E-state index in [-0.39, 0.29) is 5.69 Å². The van der Waals surface area contributed by atoms with Crippen LogP contribution in [0.25, 0.3) is 0 Å². The second-order valence-electron chi connectivity index (χ2n) is 5.77. The zero-order valence-corrected chi connectivity index (χ0v) is 13.1. The van der Waals surface area contributed by atoms with Gasteiger partial charge in [0.1, 0.15) is 0 Å². The van der Waals surface area contributed by atoms with Crippen LogP contribution in [0.5, 0.6) is 0 Å². The highest BCUT2D eigenvalue weighted by atomic mass is 35.5. The lowest BCUT2D eigenvalue weighted by Crippen LogP contribution is -2.30. The number of benzene rings is 2. The molecule has 0 saturated heterocycles. The van der Waals surface area contributed by atoms with E-state index in [1.165, 1.54) is 28.8 Å². The van der Waals surface area contributed by atoms with Crippen LogP contribution >= 0.6 is 11.6 Å². The normalized spacial score (nSPS) is 14.6. The van der Waals surface area contributed by atoms with Crippen molar-refractivity contribution in [2.75, 3.05) is 6.54 Å². The van der Waals surface area contributed by atoms with Crippen LogP contribution in [0.2, 0.25) is 5.02 Å². The predicted octanol–water partition coefficient (Wildman–Crippen LogP) is 4.11. The molecule has 0 aromatic heterocycles. The SMILES string of the molecule is Cc1ccc2c(c1)CN(Cc1ccc([N+](=O)[O-])cc1Cl)CC2. The Morgan fingerprint density at radius 3 is 2.77 bits per heavy atom. The molecule has 1 aliphatic heterocycles. The molecule has 2 aromatic rings. The van der Waals surface area contributed by atoms with E-state index < -0.39 is 4.92 Å². The molecular weight excluding hydrogens is 300 g/mol. The molecule has 4 nitrogen and oxygen atoms in total. The van der Waals surface area contributed by atoms with Crippen LogP contribution in [0, 0.1) is 17.0 Å². The fourth-order valence-electron chi connectivity index (χ4n) is 2.90. The van der Waals surface area contributed by atoms with Gasteiger partial charge in [0.05, 0.1) is 9.95 Å². The average molecular weight is 317 g/mol. The summed E-state index contributed by atoms with van der Waals surface area (Å²) in [6.07, 6.45) is 1.03. The Morgan fingerprint density at radius 1 is 1.23 bits per heavy atom. The van der Waals surface area contributed by atoms with Gasteiger partial charge in [0.25, 0.3) is 5.69 Å². The van der Waals surface area contributed by atoms with Gasteiger partial charge >= 0.3 is 0 Å². The number of non-ortho nitro benzene ring substituents is 1. The van der Waals surface area contributed by atoms with Gasteiger partial charge in [-0.05, 0) is 36.1 Å². The number of hydrogen-bond acceptors (Lipinski definition) is 3. The van der Waals surface area contributed by atoms with E-state index in [1.54, 1.807) is 6.07 Å². The smallest absolute Gasteiger partial charge is 0.270 e. The number of fused-ring (bicyclic) bond motifs is 1. The summed E-state index contributed by atoms with van der Waals surface area (Å²) in [5, 5.41) is 11.2. The van der Waals surface area contributed by atoms with Crippen molar-refractivity contribution >= 4 is 17.3 Å². The molecule has 0 N–H and O–H groups in total. The average Bonchev–Trinajstić information content (AvgIpc) is 2.48. The quantitative estimate of drug-likeness (QED) is 0.632. The van der Waals surface area contributed by atoms with Crippen LogP contribution in [0.4, 0.5) is 5.69 Å². The van der Waals surface area contributed by atoms with Crippen LogP contribution in [0.1, 0.15) is 22.3 Å². The molecule has 0 saturated carbocycles. The van der Waals surface area contributed by atoms with E-state index in [4.69, 9.17) is 11.6 Å². The third-order valence-corrected chi connectivity index (χ3v) is 4.45. The molecule has 5 heteroatoms. The van der Waals surface area contributed by atoms with E-state index in [0.29, 0.717) is 11.6 Å². The maximum absolute atomic E-state index is 10.8. The summed E-state index contributed by atoms with van der Waals surface area (Å²) >= 11 is 6.19. The van der Waals surface area contributed by atoms with E-state index >= 15 is 0 Å². The number of nitrogens with zero attached hydrogens (tertiary/aromatic N) is 2. The first-order chi connectivity index (χ1) is 10.5. The summed E-state index contributed by atoms with van der Waals surface area (Å²) in [7, 11) is 0. The van der Waals surface area contributed by atoms with Crippen LogP contribution < -0.4 is 0 Å². The van der Waals surface area contributed by atoms with Crippen molar-refractivity contribution in [3.63, 3.8) is 0 Å². The molecule has 114 valence electrons. The maximum Gasteiger partial charge on any atom is 0.270 e. The highest BCUT2D eigenvalue weighted by Crippen LogP contribution is 2.26. The number of aryl methyl sites for hydroxylation is 1. The molecule has 0 radical (unpaired) electrons. The monoisotopic (exact) mass is 316 g/mol. The summed E-state index contributed by atoms with van der Waals surface area (Å²) in [6.45, 7) is 4.68. The molecule has 0 atom stereocenters. The molecule has 1 aliphatic rings. The van der Waals surface area contributed by atoms with E-state index in [1.807, 2.05) is 0 Å². The lowest BCUT2D eigenvalue weighted by molar-refractivity contribution is -0.384. The largest absolute Gasteiger partial charge is 0.294 e. The number of rotatable bonds is 3. The van der Waals surface area contributed by atoms with Gasteiger partial charge in [-0.25, -0.2) is 0 Å². The van der Waals surface area contributed by atoms with Gasteiger partial charge in [-0.3, -0.25) is 15.0 Å². The molecule has 0 amide bonds. The summed E-state index contributed by atoms with van der Waals surface area (Å²) in [5.74, 6) is 0.